The van der Waals surface area contributed by atoms with Gasteiger partial charge < -0.3 is 19.7 Å². The van der Waals surface area contributed by atoms with E-state index in [1.165, 1.54) is 5.69 Å². The predicted octanol–water partition coefficient (Wildman–Crippen LogP) is 3.19. The minimum Gasteiger partial charge on any atom is -0.490 e. The molecule has 120 valence electrons. The number of methoxy groups -OCH3 is 1. The zero-order valence-electron chi connectivity index (χ0n) is 13.3. The van der Waals surface area contributed by atoms with Gasteiger partial charge in [-0.05, 0) is 25.1 Å². The van der Waals surface area contributed by atoms with Crippen molar-refractivity contribution >= 4 is 17.3 Å². The van der Waals surface area contributed by atoms with Crippen molar-refractivity contribution in [3.63, 3.8) is 0 Å². The van der Waals surface area contributed by atoms with Crippen molar-refractivity contribution in [2.24, 2.45) is 0 Å². The van der Waals surface area contributed by atoms with Gasteiger partial charge in [0.25, 0.3) is 0 Å². The van der Waals surface area contributed by atoms with Crippen LogP contribution >= 0.6 is 11.6 Å². The molecule has 0 radical (unpaired) electrons. The summed E-state index contributed by atoms with van der Waals surface area (Å²) in [5, 5.41) is 4.05. The van der Waals surface area contributed by atoms with E-state index in [0.717, 1.165) is 38.3 Å². The van der Waals surface area contributed by atoms with Gasteiger partial charge in [-0.25, -0.2) is 0 Å². The van der Waals surface area contributed by atoms with Crippen molar-refractivity contribution in [2.45, 2.75) is 20.3 Å². The molecule has 0 aliphatic carbocycles. The number of hydrogen-bond acceptors (Lipinski definition) is 4. The van der Waals surface area contributed by atoms with Crippen LogP contribution in [0, 0.1) is 0 Å². The van der Waals surface area contributed by atoms with E-state index in [2.05, 4.69) is 16.3 Å². The molecule has 1 fully saturated rings. The van der Waals surface area contributed by atoms with Gasteiger partial charge in [0.1, 0.15) is 12.4 Å². The van der Waals surface area contributed by atoms with Crippen LogP contribution in [0.15, 0.2) is 18.2 Å². The van der Waals surface area contributed by atoms with E-state index < -0.39 is 0 Å². The maximum Gasteiger partial charge on any atom is 0.140 e. The summed E-state index contributed by atoms with van der Waals surface area (Å²) >= 11 is 6.15. The SMILES string of the molecule is CC.COCCOc1cc(N2CCCNCC2)ccc1Cl. The summed E-state index contributed by atoms with van der Waals surface area (Å²) in [6, 6.07) is 5.97. The van der Waals surface area contributed by atoms with Crippen molar-refractivity contribution in [3.05, 3.63) is 23.2 Å². The molecule has 1 saturated heterocycles. The Kier molecular flexibility index (Phi) is 9.22. The highest BCUT2D eigenvalue weighted by Crippen LogP contribution is 2.29. The van der Waals surface area contributed by atoms with Crippen LogP contribution in [0.4, 0.5) is 5.69 Å². The minimum absolute atomic E-state index is 0.515. The van der Waals surface area contributed by atoms with E-state index in [4.69, 9.17) is 21.1 Å². The van der Waals surface area contributed by atoms with Crippen LogP contribution in [0.25, 0.3) is 0 Å². The van der Waals surface area contributed by atoms with Gasteiger partial charge in [0.2, 0.25) is 0 Å². The lowest BCUT2D eigenvalue weighted by atomic mass is 10.2. The number of nitrogens with zero attached hydrogens (tertiary/aromatic N) is 1. The second-order valence-corrected chi connectivity index (χ2v) is 4.95. The van der Waals surface area contributed by atoms with Gasteiger partial charge in [-0.3, -0.25) is 0 Å². The van der Waals surface area contributed by atoms with Crippen molar-refractivity contribution in [3.8, 4) is 5.75 Å². The lowest BCUT2D eigenvalue weighted by Gasteiger charge is -2.23. The van der Waals surface area contributed by atoms with Crippen LogP contribution in [-0.2, 0) is 4.74 Å². The predicted molar refractivity (Wildman–Crippen MR) is 89.9 cm³/mol. The molecule has 1 aromatic rings. The number of rotatable bonds is 5. The summed E-state index contributed by atoms with van der Waals surface area (Å²) in [7, 11) is 1.66. The molecule has 1 N–H and O–H groups in total. The molecule has 0 amide bonds. The summed E-state index contributed by atoms with van der Waals surface area (Å²) in [5.74, 6) is 0.730. The maximum absolute atomic E-state index is 6.15. The highest BCUT2D eigenvalue weighted by molar-refractivity contribution is 6.32. The van der Waals surface area contributed by atoms with Crippen LogP contribution in [0.5, 0.6) is 5.75 Å². The van der Waals surface area contributed by atoms with Gasteiger partial charge in [-0.2, -0.15) is 0 Å². The largest absolute Gasteiger partial charge is 0.490 e. The first-order chi connectivity index (χ1) is 10.3. The monoisotopic (exact) mass is 314 g/mol. The third-order valence-corrected chi connectivity index (χ3v) is 3.48. The first kappa shape index (κ1) is 18.1. The van der Waals surface area contributed by atoms with Gasteiger partial charge >= 0.3 is 0 Å². The second kappa shape index (κ2) is 10.7. The van der Waals surface area contributed by atoms with Crippen molar-refractivity contribution < 1.29 is 9.47 Å². The molecular formula is C16H27ClN2O2. The van der Waals surface area contributed by atoms with Crippen molar-refractivity contribution in [2.75, 3.05) is 51.4 Å². The van der Waals surface area contributed by atoms with Crippen molar-refractivity contribution in [1.82, 2.24) is 5.32 Å². The van der Waals surface area contributed by atoms with E-state index in [1.54, 1.807) is 7.11 Å². The Balaban J connectivity index is 0.00000106. The van der Waals surface area contributed by atoms with E-state index in [0.29, 0.717) is 18.2 Å². The second-order valence-electron chi connectivity index (χ2n) is 4.55. The molecule has 0 bridgehead atoms. The molecular weight excluding hydrogens is 288 g/mol. The standard InChI is InChI=1S/C14H21ClN2O2.C2H6/c1-18-9-10-19-14-11-12(3-4-13(14)15)17-7-2-5-16-6-8-17;1-2/h3-4,11,16H,2,5-10H2,1H3;1-2H3. The summed E-state index contributed by atoms with van der Waals surface area (Å²) in [6.07, 6.45) is 1.16. The quantitative estimate of drug-likeness (QED) is 0.846. The van der Waals surface area contributed by atoms with Crippen LogP contribution in [0.2, 0.25) is 5.02 Å². The number of halogens is 1. The molecule has 0 unspecified atom stereocenters. The topological polar surface area (TPSA) is 33.7 Å². The first-order valence-corrected chi connectivity index (χ1v) is 8.06. The van der Waals surface area contributed by atoms with Gasteiger partial charge in [-0.15, -0.1) is 0 Å². The Labute approximate surface area is 133 Å². The normalized spacial score (nSPS) is 15.0. The average molecular weight is 315 g/mol. The van der Waals surface area contributed by atoms with Crippen LogP contribution in [-0.4, -0.2) is 46.5 Å². The molecule has 1 heterocycles. The van der Waals surface area contributed by atoms with Gasteiger partial charge in [0.15, 0.2) is 0 Å². The molecule has 2 rings (SSSR count). The molecule has 1 aliphatic rings. The van der Waals surface area contributed by atoms with Gasteiger partial charge in [0.05, 0.1) is 11.6 Å². The third kappa shape index (κ3) is 6.12. The molecule has 5 heteroatoms. The molecule has 4 nitrogen and oxygen atoms in total. The maximum atomic E-state index is 6.15. The summed E-state index contributed by atoms with van der Waals surface area (Å²) in [4.78, 5) is 2.36. The summed E-state index contributed by atoms with van der Waals surface area (Å²) in [6.45, 7) is 9.25. The fourth-order valence-electron chi connectivity index (χ4n) is 2.14. The first-order valence-electron chi connectivity index (χ1n) is 7.68. The lowest BCUT2D eigenvalue weighted by molar-refractivity contribution is 0.146. The molecule has 0 saturated carbocycles. The molecule has 21 heavy (non-hydrogen) atoms. The smallest absolute Gasteiger partial charge is 0.140 e. The lowest BCUT2D eigenvalue weighted by Crippen LogP contribution is -2.27. The van der Waals surface area contributed by atoms with E-state index in [1.807, 2.05) is 26.0 Å². The highest BCUT2D eigenvalue weighted by Gasteiger charge is 2.11. The molecule has 0 spiro atoms. The molecule has 0 atom stereocenters. The Morgan fingerprint density at radius 1 is 1.19 bits per heavy atom. The summed E-state index contributed by atoms with van der Waals surface area (Å²) in [5.41, 5.74) is 1.17. The number of hydrogen-bond donors (Lipinski definition) is 1. The minimum atomic E-state index is 0.515. The fourth-order valence-corrected chi connectivity index (χ4v) is 2.31. The van der Waals surface area contributed by atoms with E-state index in [-0.39, 0.29) is 0 Å². The number of nitrogens with one attached hydrogen (secondary N) is 1. The zero-order valence-corrected chi connectivity index (χ0v) is 14.1. The Hall–Kier alpha value is -0.970. The molecule has 1 aliphatic heterocycles. The number of anilines is 1. The third-order valence-electron chi connectivity index (χ3n) is 3.17. The van der Waals surface area contributed by atoms with Crippen LogP contribution in [0.1, 0.15) is 20.3 Å². The van der Waals surface area contributed by atoms with Crippen LogP contribution in [0.3, 0.4) is 0 Å². The average Bonchev–Trinajstić information content (AvgIpc) is 2.81. The number of ether oxygens (including phenoxy) is 2. The van der Waals surface area contributed by atoms with E-state index >= 15 is 0 Å². The van der Waals surface area contributed by atoms with E-state index in [9.17, 15) is 0 Å². The van der Waals surface area contributed by atoms with Crippen LogP contribution < -0.4 is 15.0 Å². The zero-order chi connectivity index (χ0) is 15.5. The van der Waals surface area contributed by atoms with Gasteiger partial charge in [-0.1, -0.05) is 25.4 Å². The van der Waals surface area contributed by atoms with Crippen molar-refractivity contribution in [1.29, 1.82) is 0 Å². The fraction of sp³-hybridized carbons (Fsp3) is 0.625. The van der Waals surface area contributed by atoms with Gasteiger partial charge in [0, 0.05) is 38.5 Å². The Morgan fingerprint density at radius 2 is 2.00 bits per heavy atom. The summed E-state index contributed by atoms with van der Waals surface area (Å²) < 4.78 is 10.6. The Bertz CT molecular complexity index is 394. The molecule has 0 aromatic heterocycles. The number of benzene rings is 1. The molecule has 1 aromatic carbocycles. The highest BCUT2D eigenvalue weighted by atomic mass is 35.5. The Morgan fingerprint density at radius 3 is 2.76 bits per heavy atom.